The number of urea groups is 1. The molecule has 0 saturated heterocycles. The van der Waals surface area contributed by atoms with E-state index in [1.54, 1.807) is 9.58 Å². The normalized spacial score (nSPS) is 11.9. The quantitative estimate of drug-likeness (QED) is 0.633. The van der Waals surface area contributed by atoms with Crippen molar-refractivity contribution >= 4 is 17.8 Å². The number of aryl methyl sites for hydroxylation is 1. The van der Waals surface area contributed by atoms with Crippen LogP contribution < -0.4 is 10.6 Å². The number of amides is 3. The molecule has 7 nitrogen and oxygen atoms in total. The Balaban J connectivity index is 2.27. The van der Waals surface area contributed by atoms with Crippen LogP contribution in [0.15, 0.2) is 30.3 Å². The second kappa shape index (κ2) is 10.2. The molecule has 0 aliphatic heterocycles. The van der Waals surface area contributed by atoms with E-state index in [-0.39, 0.29) is 29.4 Å². The van der Waals surface area contributed by atoms with E-state index < -0.39 is 0 Å². The largest absolute Gasteiger partial charge is 0.333 e. The van der Waals surface area contributed by atoms with Crippen molar-refractivity contribution < 1.29 is 9.59 Å². The number of hydrogen-bond donors (Lipinski definition) is 2. The van der Waals surface area contributed by atoms with Gasteiger partial charge in [0, 0.05) is 23.6 Å². The number of carbonyl (C=O) groups is 2. The number of benzene rings is 1. The molecule has 0 aliphatic rings. The Kier molecular flexibility index (Phi) is 8.10. The molecule has 2 N–H and O–H groups in total. The number of nitrogens with one attached hydrogen (secondary N) is 2. The maximum absolute atomic E-state index is 13.0. The maximum Gasteiger partial charge on any atom is 0.318 e. The average molecular weight is 442 g/mol. The molecule has 2 rings (SSSR count). The first-order chi connectivity index (χ1) is 14.8. The highest BCUT2D eigenvalue weighted by atomic mass is 16.2. The zero-order valence-corrected chi connectivity index (χ0v) is 20.9. The van der Waals surface area contributed by atoms with E-state index in [2.05, 4.69) is 38.3 Å². The number of hydrogen-bond acceptors (Lipinski definition) is 3. The molecule has 32 heavy (non-hydrogen) atoms. The summed E-state index contributed by atoms with van der Waals surface area (Å²) in [5.41, 5.74) is 2.36. The molecule has 0 radical (unpaired) electrons. The van der Waals surface area contributed by atoms with Crippen LogP contribution in [0, 0.1) is 6.92 Å². The molecular formula is C25H39N5O2. The van der Waals surface area contributed by atoms with Crippen molar-refractivity contribution in [2.45, 2.75) is 79.2 Å². The molecule has 0 fully saturated rings. The van der Waals surface area contributed by atoms with E-state index in [1.807, 2.05) is 58.0 Å². The van der Waals surface area contributed by atoms with Crippen LogP contribution in [0.5, 0.6) is 0 Å². The third kappa shape index (κ3) is 7.39. The molecule has 1 aromatic carbocycles. The average Bonchev–Trinajstić information content (AvgIpc) is 3.08. The molecule has 1 heterocycles. The molecule has 3 amide bonds. The summed E-state index contributed by atoms with van der Waals surface area (Å²) in [4.78, 5) is 27.3. The topological polar surface area (TPSA) is 79.3 Å². The Morgan fingerprint density at radius 3 is 2.22 bits per heavy atom. The number of nitrogens with zero attached hydrogens (tertiary/aromatic N) is 3. The van der Waals surface area contributed by atoms with Crippen molar-refractivity contribution in [2.75, 3.05) is 18.4 Å². The fraction of sp³-hybridized carbons (Fsp3) is 0.560. The second-order valence-electron chi connectivity index (χ2n) is 10.4. The van der Waals surface area contributed by atoms with Gasteiger partial charge in [-0.3, -0.25) is 4.79 Å². The number of rotatable bonds is 7. The lowest BCUT2D eigenvalue weighted by molar-refractivity contribution is -0.116. The molecule has 0 atom stereocenters. The molecule has 7 heteroatoms. The van der Waals surface area contributed by atoms with Gasteiger partial charge in [-0.05, 0) is 46.2 Å². The van der Waals surface area contributed by atoms with Gasteiger partial charge in [-0.25, -0.2) is 9.48 Å². The van der Waals surface area contributed by atoms with Crippen LogP contribution in [0.4, 0.5) is 10.6 Å². The summed E-state index contributed by atoms with van der Waals surface area (Å²) in [6.45, 7) is 16.6. The Bertz CT molecular complexity index is 917. The SMILES string of the molecule is CCCCN(CC(=O)Nc1cc(C(C)(C)C)nn1-c1ccc(C)cc1)C(=O)NC(C)(C)C. The minimum atomic E-state index is -0.371. The van der Waals surface area contributed by atoms with Crippen molar-refractivity contribution in [1.29, 1.82) is 0 Å². The van der Waals surface area contributed by atoms with E-state index in [0.717, 1.165) is 29.8 Å². The molecule has 0 bridgehead atoms. The summed E-state index contributed by atoms with van der Waals surface area (Å²) < 4.78 is 1.75. The zero-order valence-electron chi connectivity index (χ0n) is 20.9. The Labute approximate surface area is 192 Å². The number of aromatic nitrogens is 2. The van der Waals surface area contributed by atoms with Gasteiger partial charge in [0.15, 0.2) is 0 Å². The van der Waals surface area contributed by atoms with Crippen LogP contribution in [0.2, 0.25) is 0 Å². The predicted octanol–water partition coefficient (Wildman–Crippen LogP) is 5.03. The summed E-state index contributed by atoms with van der Waals surface area (Å²) in [5.74, 6) is 0.342. The summed E-state index contributed by atoms with van der Waals surface area (Å²) in [6, 6.07) is 9.67. The lowest BCUT2D eigenvalue weighted by atomic mass is 9.92. The molecule has 1 aromatic heterocycles. The molecule has 0 unspecified atom stereocenters. The summed E-state index contributed by atoms with van der Waals surface area (Å²) >= 11 is 0. The predicted molar refractivity (Wildman–Crippen MR) is 130 cm³/mol. The van der Waals surface area contributed by atoms with E-state index in [4.69, 9.17) is 5.10 Å². The monoisotopic (exact) mass is 441 g/mol. The lowest BCUT2D eigenvalue weighted by Crippen LogP contribution is -2.50. The van der Waals surface area contributed by atoms with Crippen LogP contribution in [0.1, 0.15) is 72.6 Å². The molecule has 0 aliphatic carbocycles. The van der Waals surface area contributed by atoms with Gasteiger partial charge in [0.2, 0.25) is 5.91 Å². The fourth-order valence-corrected chi connectivity index (χ4v) is 3.08. The first-order valence-corrected chi connectivity index (χ1v) is 11.3. The van der Waals surface area contributed by atoms with Gasteiger partial charge in [-0.2, -0.15) is 5.10 Å². The first-order valence-electron chi connectivity index (χ1n) is 11.3. The smallest absolute Gasteiger partial charge is 0.318 e. The van der Waals surface area contributed by atoms with Crippen LogP contribution in [-0.2, 0) is 10.2 Å². The van der Waals surface area contributed by atoms with Crippen molar-refractivity contribution in [1.82, 2.24) is 20.0 Å². The van der Waals surface area contributed by atoms with Gasteiger partial charge >= 0.3 is 6.03 Å². The zero-order chi connectivity index (χ0) is 24.1. The number of unbranched alkanes of at least 4 members (excludes halogenated alkanes) is 1. The van der Waals surface area contributed by atoms with Gasteiger partial charge in [0.1, 0.15) is 12.4 Å². The second-order valence-corrected chi connectivity index (χ2v) is 10.4. The molecule has 0 spiro atoms. The lowest BCUT2D eigenvalue weighted by Gasteiger charge is -2.28. The van der Waals surface area contributed by atoms with Crippen LogP contribution >= 0.6 is 0 Å². The van der Waals surface area contributed by atoms with Crippen molar-refractivity contribution in [3.63, 3.8) is 0 Å². The number of anilines is 1. The summed E-state index contributed by atoms with van der Waals surface area (Å²) in [5, 5.41) is 10.7. The summed E-state index contributed by atoms with van der Waals surface area (Å²) in [6.07, 6.45) is 1.77. The Morgan fingerprint density at radius 2 is 1.69 bits per heavy atom. The molecular weight excluding hydrogens is 402 g/mol. The van der Waals surface area contributed by atoms with E-state index in [9.17, 15) is 9.59 Å². The van der Waals surface area contributed by atoms with Gasteiger partial charge in [-0.15, -0.1) is 0 Å². The van der Waals surface area contributed by atoms with Crippen molar-refractivity contribution in [2.24, 2.45) is 0 Å². The van der Waals surface area contributed by atoms with Gasteiger partial charge in [0.05, 0.1) is 11.4 Å². The van der Waals surface area contributed by atoms with Gasteiger partial charge < -0.3 is 15.5 Å². The molecule has 2 aromatic rings. The van der Waals surface area contributed by atoms with E-state index in [1.165, 1.54) is 0 Å². The van der Waals surface area contributed by atoms with Gasteiger partial charge in [0.25, 0.3) is 0 Å². The highest BCUT2D eigenvalue weighted by Gasteiger charge is 2.24. The third-order valence-electron chi connectivity index (χ3n) is 4.91. The van der Waals surface area contributed by atoms with Crippen LogP contribution in [0.25, 0.3) is 5.69 Å². The maximum atomic E-state index is 13.0. The summed E-state index contributed by atoms with van der Waals surface area (Å²) in [7, 11) is 0. The fourth-order valence-electron chi connectivity index (χ4n) is 3.08. The standard InChI is InChI=1S/C25H39N5O2/c1-9-10-15-29(23(32)27-25(6,7)8)17-22(31)26-21-16-20(24(3,4)5)28-30(21)19-13-11-18(2)12-14-19/h11-14,16H,9-10,15,17H2,1-8H3,(H,26,31)(H,27,32). The van der Waals surface area contributed by atoms with Gasteiger partial charge in [-0.1, -0.05) is 51.8 Å². The number of carbonyl (C=O) groups excluding carboxylic acids is 2. The third-order valence-corrected chi connectivity index (χ3v) is 4.91. The van der Waals surface area contributed by atoms with Crippen molar-refractivity contribution in [3.8, 4) is 5.69 Å². The highest BCUT2D eigenvalue weighted by Crippen LogP contribution is 2.26. The minimum Gasteiger partial charge on any atom is -0.333 e. The Hall–Kier alpha value is -2.83. The Morgan fingerprint density at radius 1 is 1.06 bits per heavy atom. The first kappa shape index (κ1) is 25.4. The van der Waals surface area contributed by atoms with Crippen LogP contribution in [-0.4, -0.2) is 45.2 Å². The van der Waals surface area contributed by atoms with E-state index >= 15 is 0 Å². The molecule has 0 saturated carbocycles. The van der Waals surface area contributed by atoms with Crippen LogP contribution in [0.3, 0.4) is 0 Å². The molecule has 176 valence electrons. The van der Waals surface area contributed by atoms with Crippen molar-refractivity contribution in [3.05, 3.63) is 41.6 Å². The minimum absolute atomic E-state index is 0.0220. The van der Waals surface area contributed by atoms with E-state index in [0.29, 0.717) is 12.4 Å². The highest BCUT2D eigenvalue weighted by molar-refractivity contribution is 5.94.